The number of hydrogen-bond acceptors (Lipinski definition) is 4. The van der Waals surface area contributed by atoms with E-state index in [1.165, 1.54) is 20.3 Å². The second-order valence-corrected chi connectivity index (χ2v) is 5.39. The molecule has 1 aliphatic carbocycles. The van der Waals surface area contributed by atoms with Crippen molar-refractivity contribution in [3.63, 3.8) is 0 Å². The summed E-state index contributed by atoms with van der Waals surface area (Å²) in [7, 11) is 2.94. The smallest absolute Gasteiger partial charge is 0.331 e. The zero-order valence-electron chi connectivity index (χ0n) is 13.1. The monoisotopic (exact) mass is 318 g/mol. The van der Waals surface area contributed by atoms with Crippen molar-refractivity contribution in [2.45, 2.75) is 18.8 Å². The van der Waals surface area contributed by atoms with E-state index in [1.807, 2.05) is 0 Å². The molecule has 6 heteroatoms. The van der Waals surface area contributed by atoms with Crippen LogP contribution >= 0.6 is 0 Å². The fraction of sp³-hybridized carbons (Fsp3) is 0.294. The lowest BCUT2D eigenvalue weighted by molar-refractivity contribution is -0.142. The zero-order chi connectivity index (χ0) is 17.2. The summed E-state index contributed by atoms with van der Waals surface area (Å²) in [4.78, 5) is 23.3. The topological polar surface area (TPSA) is 93.1 Å². The Bertz CT molecular complexity index is 716. The van der Waals surface area contributed by atoms with Gasteiger partial charge in [-0.2, -0.15) is 0 Å². The minimum absolute atomic E-state index is 0.0576. The molecule has 0 saturated heterocycles. The summed E-state index contributed by atoms with van der Waals surface area (Å²) >= 11 is 0. The molecule has 0 radical (unpaired) electrons. The largest absolute Gasteiger partial charge is 0.493 e. The van der Waals surface area contributed by atoms with Crippen LogP contribution in [-0.2, 0) is 15.0 Å². The number of allylic oxidation sites excluding steroid dienone is 2. The van der Waals surface area contributed by atoms with Crippen molar-refractivity contribution in [1.82, 2.24) is 0 Å². The quantitative estimate of drug-likeness (QED) is 0.866. The standard InChI is InChI=1S/C17H18O6/c1-10-6-11(15(18)19)9-17(8-10,16(20)21)12-4-5-13(22-2)14(7-12)23-3/h4-8H,9H2,1-3H3,(H,18,19)(H,20,21). The molecule has 0 spiro atoms. The van der Waals surface area contributed by atoms with Gasteiger partial charge in [-0.25, -0.2) is 4.79 Å². The van der Waals surface area contributed by atoms with Gasteiger partial charge in [-0.1, -0.05) is 17.7 Å². The molecule has 1 aromatic carbocycles. The van der Waals surface area contributed by atoms with Gasteiger partial charge in [0, 0.05) is 12.0 Å². The molecule has 0 amide bonds. The third-order valence-corrected chi connectivity index (χ3v) is 3.90. The second kappa shape index (κ2) is 6.16. The Morgan fingerprint density at radius 3 is 2.30 bits per heavy atom. The first-order valence-corrected chi connectivity index (χ1v) is 6.93. The van der Waals surface area contributed by atoms with E-state index in [-0.39, 0.29) is 12.0 Å². The molecule has 0 aliphatic heterocycles. The third kappa shape index (κ3) is 2.92. The Labute approximate surface area is 133 Å². The van der Waals surface area contributed by atoms with Crippen molar-refractivity contribution < 1.29 is 29.3 Å². The van der Waals surface area contributed by atoms with Crippen molar-refractivity contribution in [2.75, 3.05) is 14.2 Å². The number of carboxylic acid groups (broad SMARTS) is 2. The summed E-state index contributed by atoms with van der Waals surface area (Å²) < 4.78 is 10.4. The molecule has 1 aliphatic rings. The van der Waals surface area contributed by atoms with E-state index >= 15 is 0 Å². The summed E-state index contributed by atoms with van der Waals surface area (Å²) in [5.41, 5.74) is -0.367. The van der Waals surface area contributed by atoms with Gasteiger partial charge in [0.15, 0.2) is 11.5 Å². The minimum atomic E-state index is -1.45. The summed E-state index contributed by atoms with van der Waals surface area (Å²) in [5.74, 6) is -1.37. The summed E-state index contributed by atoms with van der Waals surface area (Å²) in [6, 6.07) is 4.80. The lowest BCUT2D eigenvalue weighted by atomic mass is 9.71. The van der Waals surface area contributed by atoms with Gasteiger partial charge < -0.3 is 19.7 Å². The van der Waals surface area contributed by atoms with E-state index in [9.17, 15) is 19.8 Å². The van der Waals surface area contributed by atoms with Crippen LogP contribution in [0.2, 0.25) is 0 Å². The highest BCUT2D eigenvalue weighted by atomic mass is 16.5. The van der Waals surface area contributed by atoms with Gasteiger partial charge in [-0.05, 0) is 30.7 Å². The van der Waals surface area contributed by atoms with Crippen LogP contribution in [0.25, 0.3) is 0 Å². The number of carbonyl (C=O) groups is 2. The van der Waals surface area contributed by atoms with Gasteiger partial charge in [-0.15, -0.1) is 0 Å². The van der Waals surface area contributed by atoms with Crippen molar-refractivity contribution in [2.24, 2.45) is 0 Å². The molecule has 23 heavy (non-hydrogen) atoms. The van der Waals surface area contributed by atoms with Crippen LogP contribution in [0.4, 0.5) is 0 Å². The van der Waals surface area contributed by atoms with Gasteiger partial charge in [0.2, 0.25) is 0 Å². The molecule has 0 bridgehead atoms. The van der Waals surface area contributed by atoms with E-state index in [4.69, 9.17) is 9.47 Å². The lowest BCUT2D eigenvalue weighted by Gasteiger charge is -2.31. The van der Waals surface area contributed by atoms with Crippen molar-refractivity contribution >= 4 is 11.9 Å². The molecule has 0 aromatic heterocycles. The number of aliphatic carboxylic acids is 2. The number of benzene rings is 1. The fourth-order valence-electron chi connectivity index (χ4n) is 2.80. The number of rotatable bonds is 5. The summed E-state index contributed by atoms with van der Waals surface area (Å²) in [6.45, 7) is 1.68. The SMILES string of the molecule is COc1ccc(C2(C(=O)O)C=C(C)C=C(C(=O)O)C2)cc1OC. The first-order valence-electron chi connectivity index (χ1n) is 6.93. The maximum atomic E-state index is 12.0. The Morgan fingerprint density at radius 1 is 1.13 bits per heavy atom. The molecular formula is C17H18O6. The molecule has 1 atom stereocenters. The predicted octanol–water partition coefficient (Wildman–Crippen LogP) is 2.39. The molecule has 6 nitrogen and oxygen atoms in total. The maximum absolute atomic E-state index is 12.0. The molecule has 0 fully saturated rings. The second-order valence-electron chi connectivity index (χ2n) is 5.39. The highest BCUT2D eigenvalue weighted by molar-refractivity contribution is 5.93. The molecule has 0 saturated carbocycles. The molecule has 122 valence electrons. The molecule has 2 rings (SSSR count). The van der Waals surface area contributed by atoms with Crippen LogP contribution in [0.3, 0.4) is 0 Å². The van der Waals surface area contributed by atoms with E-state index in [1.54, 1.807) is 31.2 Å². The number of carboxylic acids is 2. The Kier molecular flexibility index (Phi) is 4.45. The molecule has 1 aromatic rings. The highest BCUT2D eigenvalue weighted by Gasteiger charge is 2.42. The van der Waals surface area contributed by atoms with Crippen LogP contribution in [0.1, 0.15) is 18.9 Å². The number of ether oxygens (including phenoxy) is 2. The zero-order valence-corrected chi connectivity index (χ0v) is 13.1. The van der Waals surface area contributed by atoms with Crippen molar-refractivity contribution in [3.05, 3.63) is 47.1 Å². The fourth-order valence-corrected chi connectivity index (χ4v) is 2.80. The normalized spacial score (nSPS) is 20.3. The van der Waals surface area contributed by atoms with Crippen LogP contribution in [0.15, 0.2) is 41.5 Å². The summed E-state index contributed by atoms with van der Waals surface area (Å²) in [6.07, 6.45) is 2.93. The molecule has 2 N–H and O–H groups in total. The highest BCUT2D eigenvalue weighted by Crippen LogP contribution is 2.41. The van der Waals surface area contributed by atoms with Gasteiger partial charge in [-0.3, -0.25) is 4.79 Å². The average molecular weight is 318 g/mol. The lowest BCUT2D eigenvalue weighted by Crippen LogP contribution is -2.37. The third-order valence-electron chi connectivity index (χ3n) is 3.90. The van der Waals surface area contributed by atoms with E-state index in [0.717, 1.165) is 0 Å². The van der Waals surface area contributed by atoms with Gasteiger partial charge >= 0.3 is 11.9 Å². The number of hydrogen-bond donors (Lipinski definition) is 2. The van der Waals surface area contributed by atoms with E-state index in [2.05, 4.69) is 0 Å². The van der Waals surface area contributed by atoms with Gasteiger partial charge in [0.05, 0.1) is 14.2 Å². The van der Waals surface area contributed by atoms with Crippen LogP contribution < -0.4 is 9.47 Å². The maximum Gasteiger partial charge on any atom is 0.331 e. The van der Waals surface area contributed by atoms with E-state index in [0.29, 0.717) is 22.6 Å². The first kappa shape index (κ1) is 16.6. The Balaban J connectivity index is 2.62. The Hall–Kier alpha value is -2.76. The predicted molar refractivity (Wildman–Crippen MR) is 83.0 cm³/mol. The molecule has 0 heterocycles. The molecule has 1 unspecified atom stereocenters. The first-order chi connectivity index (χ1) is 10.8. The van der Waals surface area contributed by atoms with E-state index < -0.39 is 17.4 Å². The average Bonchev–Trinajstić information content (AvgIpc) is 2.53. The minimum Gasteiger partial charge on any atom is -0.493 e. The van der Waals surface area contributed by atoms with Crippen LogP contribution in [-0.4, -0.2) is 36.4 Å². The molecular weight excluding hydrogens is 300 g/mol. The van der Waals surface area contributed by atoms with Crippen LogP contribution in [0.5, 0.6) is 11.5 Å². The van der Waals surface area contributed by atoms with Gasteiger partial charge in [0.1, 0.15) is 5.41 Å². The summed E-state index contributed by atoms with van der Waals surface area (Å²) in [5, 5.41) is 19.1. The van der Waals surface area contributed by atoms with Crippen molar-refractivity contribution in [1.29, 1.82) is 0 Å². The van der Waals surface area contributed by atoms with Crippen molar-refractivity contribution in [3.8, 4) is 11.5 Å². The number of methoxy groups -OCH3 is 2. The van der Waals surface area contributed by atoms with Gasteiger partial charge in [0.25, 0.3) is 0 Å². The Morgan fingerprint density at radius 2 is 1.78 bits per heavy atom. The van der Waals surface area contributed by atoms with Crippen LogP contribution in [0, 0.1) is 0 Å².